The lowest BCUT2D eigenvalue weighted by molar-refractivity contribution is 0.486. The van der Waals surface area contributed by atoms with E-state index in [1.54, 1.807) is 0 Å². The summed E-state index contributed by atoms with van der Waals surface area (Å²) in [6.45, 7) is 0. The van der Waals surface area contributed by atoms with Crippen molar-refractivity contribution >= 4 is 37.3 Å². The molecule has 0 saturated carbocycles. The maximum atomic E-state index is 13.6. The second kappa shape index (κ2) is 5.57. The molecule has 0 aliphatic rings. The van der Waals surface area contributed by atoms with Crippen LogP contribution in [0.1, 0.15) is 0 Å². The number of hydrogen-bond donors (Lipinski definition) is 2. The lowest BCUT2D eigenvalue weighted by atomic mass is 10.3. The molecule has 9 heteroatoms. The van der Waals surface area contributed by atoms with Crippen molar-refractivity contribution in [3.63, 3.8) is 0 Å². The lowest BCUT2D eigenvalue weighted by Crippen LogP contribution is -2.16. The second-order valence-electron chi connectivity index (χ2n) is 4.05. The molecule has 21 heavy (non-hydrogen) atoms. The minimum Gasteiger partial charge on any atom is -0.399 e. The summed E-state index contributed by atoms with van der Waals surface area (Å²) in [7, 11) is -4.41. The van der Waals surface area contributed by atoms with E-state index in [0.717, 1.165) is 24.3 Å². The molecule has 4 nitrogen and oxygen atoms in total. The molecule has 0 bridgehead atoms. The van der Waals surface area contributed by atoms with Gasteiger partial charge in [0, 0.05) is 5.69 Å². The molecule has 0 fully saturated rings. The van der Waals surface area contributed by atoms with Crippen molar-refractivity contribution in [3.05, 3.63) is 52.3 Å². The molecule has 0 radical (unpaired) electrons. The van der Waals surface area contributed by atoms with Crippen LogP contribution in [-0.2, 0) is 10.0 Å². The molecule has 3 N–H and O–H groups in total. The largest absolute Gasteiger partial charge is 0.399 e. The number of nitrogens with one attached hydrogen (secondary N) is 1. The van der Waals surface area contributed by atoms with Crippen LogP contribution in [-0.4, -0.2) is 8.42 Å². The summed E-state index contributed by atoms with van der Waals surface area (Å²) in [4.78, 5) is -0.930. The quantitative estimate of drug-likeness (QED) is 0.802. The van der Waals surface area contributed by atoms with Crippen LogP contribution in [0.5, 0.6) is 0 Å². The van der Waals surface area contributed by atoms with Gasteiger partial charge in [-0.25, -0.2) is 21.6 Å². The van der Waals surface area contributed by atoms with Gasteiger partial charge in [0.05, 0.1) is 10.2 Å². The predicted octanol–water partition coefficient (Wildman–Crippen LogP) is 3.25. The van der Waals surface area contributed by atoms with Gasteiger partial charge in [0.15, 0.2) is 11.6 Å². The third-order valence-corrected chi connectivity index (χ3v) is 4.47. The van der Waals surface area contributed by atoms with Crippen LogP contribution >= 0.6 is 15.9 Å². The fourth-order valence-corrected chi connectivity index (χ4v) is 3.10. The zero-order valence-electron chi connectivity index (χ0n) is 10.2. The maximum Gasteiger partial charge on any atom is 0.265 e. The van der Waals surface area contributed by atoms with Crippen molar-refractivity contribution in [3.8, 4) is 0 Å². The van der Waals surface area contributed by atoms with Crippen molar-refractivity contribution < 1.29 is 21.6 Å². The first kappa shape index (κ1) is 15.6. The summed E-state index contributed by atoms with van der Waals surface area (Å²) >= 11 is 2.88. The highest BCUT2D eigenvalue weighted by Gasteiger charge is 2.23. The number of nitrogen functional groups attached to an aromatic ring is 1. The smallest absolute Gasteiger partial charge is 0.265 e. The fraction of sp³-hybridized carbons (Fsp3) is 0. The van der Waals surface area contributed by atoms with E-state index in [1.807, 2.05) is 4.72 Å². The van der Waals surface area contributed by atoms with Crippen LogP contribution in [0.4, 0.5) is 24.5 Å². The standard InChI is InChI=1S/C12H8BrF3N2O2S/c13-8-5-7(1-2-9(8)14)18-21(19,20)11-4-6(17)3-10(15)12(11)16/h1-5,18H,17H2. The fourth-order valence-electron chi connectivity index (χ4n) is 1.55. The third-order valence-electron chi connectivity index (χ3n) is 2.48. The minimum atomic E-state index is -4.41. The van der Waals surface area contributed by atoms with Gasteiger partial charge in [-0.1, -0.05) is 0 Å². The van der Waals surface area contributed by atoms with Gasteiger partial charge in [0.25, 0.3) is 10.0 Å². The SMILES string of the molecule is Nc1cc(F)c(F)c(S(=O)(=O)Nc2ccc(F)c(Br)c2)c1. The van der Waals surface area contributed by atoms with E-state index >= 15 is 0 Å². The Kier molecular flexibility index (Phi) is 4.15. The van der Waals surface area contributed by atoms with Crippen LogP contribution < -0.4 is 10.5 Å². The molecule has 0 heterocycles. The summed E-state index contributed by atoms with van der Waals surface area (Å²) in [6, 6.07) is 4.76. The number of halogens is 4. The molecule has 112 valence electrons. The molecule has 2 aromatic rings. The van der Waals surface area contributed by atoms with Gasteiger partial charge in [0.2, 0.25) is 0 Å². The summed E-state index contributed by atoms with van der Waals surface area (Å²) in [5.41, 5.74) is 5.04. The van der Waals surface area contributed by atoms with Gasteiger partial charge in [0.1, 0.15) is 10.7 Å². The molecule has 0 spiro atoms. The monoisotopic (exact) mass is 380 g/mol. The average molecular weight is 381 g/mol. The first-order chi connectivity index (χ1) is 9.70. The Hall–Kier alpha value is -1.74. The lowest BCUT2D eigenvalue weighted by Gasteiger charge is -2.10. The highest BCUT2D eigenvalue weighted by atomic mass is 79.9. The summed E-state index contributed by atoms with van der Waals surface area (Å²) in [5.74, 6) is -3.52. The van der Waals surface area contributed by atoms with Crippen molar-refractivity contribution in [2.45, 2.75) is 4.90 Å². The van der Waals surface area contributed by atoms with E-state index in [-0.39, 0.29) is 15.8 Å². The third kappa shape index (κ3) is 3.30. The molecular weight excluding hydrogens is 373 g/mol. The number of hydrogen-bond acceptors (Lipinski definition) is 3. The van der Waals surface area contributed by atoms with Crippen molar-refractivity contribution in [2.75, 3.05) is 10.5 Å². The second-order valence-corrected chi connectivity index (χ2v) is 6.55. The minimum absolute atomic E-state index is 0.0157. The first-order valence-corrected chi connectivity index (χ1v) is 7.71. The Labute approximate surface area is 127 Å². The molecule has 0 aliphatic heterocycles. The molecule has 2 rings (SSSR count). The molecular formula is C12H8BrF3N2O2S. The van der Waals surface area contributed by atoms with Crippen molar-refractivity contribution in [1.82, 2.24) is 0 Å². The van der Waals surface area contributed by atoms with Crippen LogP contribution in [0.2, 0.25) is 0 Å². The highest BCUT2D eigenvalue weighted by molar-refractivity contribution is 9.10. The Morgan fingerprint density at radius 1 is 1.05 bits per heavy atom. The number of nitrogens with two attached hydrogens (primary N) is 1. The van der Waals surface area contributed by atoms with Gasteiger partial charge in [-0.2, -0.15) is 0 Å². The van der Waals surface area contributed by atoms with E-state index in [2.05, 4.69) is 15.9 Å². The number of rotatable bonds is 3. The molecule has 2 aromatic carbocycles. The van der Waals surface area contributed by atoms with Crippen LogP contribution in [0.25, 0.3) is 0 Å². The predicted molar refractivity (Wildman–Crippen MR) is 75.7 cm³/mol. The van der Waals surface area contributed by atoms with E-state index < -0.39 is 32.4 Å². The Balaban J connectivity index is 2.45. The number of anilines is 2. The summed E-state index contributed by atoms with van der Waals surface area (Å²) in [5, 5.41) is 0. The summed E-state index contributed by atoms with van der Waals surface area (Å²) < 4.78 is 66.0. The topological polar surface area (TPSA) is 72.2 Å². The number of benzene rings is 2. The van der Waals surface area contributed by atoms with E-state index in [0.29, 0.717) is 6.07 Å². The Morgan fingerprint density at radius 2 is 1.71 bits per heavy atom. The Morgan fingerprint density at radius 3 is 2.33 bits per heavy atom. The average Bonchev–Trinajstić information content (AvgIpc) is 2.37. The zero-order chi connectivity index (χ0) is 15.8. The van der Waals surface area contributed by atoms with Gasteiger partial charge in [-0.3, -0.25) is 4.72 Å². The van der Waals surface area contributed by atoms with Crippen LogP contribution in [0.15, 0.2) is 39.7 Å². The highest BCUT2D eigenvalue weighted by Crippen LogP contribution is 2.25. The van der Waals surface area contributed by atoms with Gasteiger partial charge < -0.3 is 5.73 Å². The summed E-state index contributed by atoms with van der Waals surface area (Å²) in [6.07, 6.45) is 0. The van der Waals surface area contributed by atoms with Gasteiger partial charge >= 0.3 is 0 Å². The van der Waals surface area contributed by atoms with Crippen molar-refractivity contribution in [1.29, 1.82) is 0 Å². The van der Waals surface area contributed by atoms with E-state index in [4.69, 9.17) is 5.73 Å². The molecule has 0 saturated heterocycles. The van der Waals surface area contributed by atoms with Crippen molar-refractivity contribution in [2.24, 2.45) is 0 Å². The number of sulfonamides is 1. The van der Waals surface area contributed by atoms with E-state index in [9.17, 15) is 21.6 Å². The first-order valence-electron chi connectivity index (χ1n) is 5.43. The van der Waals surface area contributed by atoms with Gasteiger partial charge in [-0.15, -0.1) is 0 Å². The van der Waals surface area contributed by atoms with E-state index in [1.165, 1.54) is 0 Å². The van der Waals surface area contributed by atoms with Gasteiger partial charge in [-0.05, 0) is 46.3 Å². The molecule has 0 aliphatic carbocycles. The molecule has 0 unspecified atom stereocenters. The molecule has 0 atom stereocenters. The Bertz CT molecular complexity index is 812. The van der Waals surface area contributed by atoms with Crippen LogP contribution in [0.3, 0.4) is 0 Å². The molecule has 0 amide bonds. The normalized spacial score (nSPS) is 11.4. The molecule has 0 aromatic heterocycles. The maximum absolute atomic E-state index is 13.6. The zero-order valence-corrected chi connectivity index (χ0v) is 12.6. The van der Waals surface area contributed by atoms with Crippen LogP contribution in [0, 0.1) is 17.5 Å².